The van der Waals surface area contributed by atoms with E-state index in [1.807, 2.05) is 0 Å². The minimum absolute atomic E-state index is 1.67. The molecule has 240 valence electrons. The van der Waals surface area contributed by atoms with Crippen molar-refractivity contribution in [2.45, 2.75) is 0 Å². The number of benzene rings is 20. The smallest absolute Gasteiger partial charge is 0 e. The molecule has 0 aliphatic carbocycles. The summed E-state index contributed by atoms with van der Waals surface area (Å²) in [6.45, 7) is 0. The summed E-state index contributed by atoms with van der Waals surface area (Å²) in [5.41, 5.74) is 0. The molecule has 0 bridgehead atoms. The molecule has 0 radical (unpaired) electrons. The fourth-order valence-electron chi connectivity index (χ4n) is 22.5. The predicted molar refractivity (Wildman–Crippen MR) is 261 cm³/mol. The maximum absolute atomic E-state index is 1.67. The van der Waals surface area contributed by atoms with Gasteiger partial charge in [0.1, 0.15) is 0 Å². The molecule has 0 saturated carbocycles. The number of rotatable bonds is 0. The Labute approximate surface area is 321 Å². The molecular weight excluding hydrogens is 723 g/mol. The molecular formula is C60. The van der Waals surface area contributed by atoms with Gasteiger partial charge < -0.3 is 0 Å². The van der Waals surface area contributed by atoms with E-state index < -0.39 is 0 Å². The topological polar surface area (TPSA) is 0 Å². The third kappa shape index (κ3) is 0.980. The van der Waals surface area contributed by atoms with Gasteiger partial charge in [0.2, 0.25) is 0 Å². The third-order valence-corrected chi connectivity index (χ3v) is 22.5. The van der Waals surface area contributed by atoms with Crippen LogP contribution in [0, 0.1) is 0 Å². The van der Waals surface area contributed by atoms with Gasteiger partial charge in [-0.05, 0) is 0 Å². The molecule has 0 saturated heterocycles. The van der Waals surface area contributed by atoms with Crippen molar-refractivity contribution in [1.29, 1.82) is 0 Å². The van der Waals surface area contributed by atoms with Gasteiger partial charge >= 0.3 is 0 Å². The first-order valence-electron chi connectivity index (χ1n) is 22.5. The monoisotopic (exact) mass is 722 g/mol. The van der Waals surface area contributed by atoms with Gasteiger partial charge in [0.15, 0.2) is 0 Å². The van der Waals surface area contributed by atoms with Crippen LogP contribution in [-0.4, -0.2) is 0 Å². The Balaban J connectivity index is 1.37. The van der Waals surface area contributed by atoms with Crippen molar-refractivity contribution in [3.05, 3.63) is 0 Å². The highest BCUT2D eigenvalue weighted by Gasteiger charge is 2.51. The van der Waals surface area contributed by atoms with Crippen LogP contribution in [0.4, 0.5) is 0 Å². The highest BCUT2D eigenvalue weighted by molar-refractivity contribution is 6.85. The molecule has 0 spiro atoms. The quantitative estimate of drug-likeness (QED) is 0.137. The predicted octanol–water partition coefficient (Wildman–Crippen LogP) is 17.7. The van der Waals surface area contributed by atoms with Crippen molar-refractivity contribution >= 4 is 323 Å². The van der Waals surface area contributed by atoms with E-state index >= 15 is 0 Å². The van der Waals surface area contributed by atoms with Crippen LogP contribution < -0.4 is 0 Å². The molecule has 32 rings (SSSR count). The van der Waals surface area contributed by atoms with Gasteiger partial charge in [-0.1, -0.05) is 0 Å². The Morgan fingerprint density at radius 3 is 0.0667 bits per heavy atom. The summed E-state index contributed by atoms with van der Waals surface area (Å²) < 4.78 is 0. The molecule has 32 aromatic rings. The maximum Gasteiger partial charge on any atom is 0 e. The largest absolute Gasteiger partial charge is 0 e. The molecule has 0 nitrogen and oxygen atoms in total. The molecule has 0 heteroatoms. The van der Waals surface area contributed by atoms with Gasteiger partial charge in [0.25, 0.3) is 0 Å². The van der Waals surface area contributed by atoms with Gasteiger partial charge in [-0.25, -0.2) is 0 Å². The van der Waals surface area contributed by atoms with Crippen LogP contribution in [-0.2, 0) is 0 Å². The summed E-state index contributed by atoms with van der Waals surface area (Å²) >= 11 is 0. The number of hydrogen-bond acceptors (Lipinski definition) is 0. The Kier molecular flexibility index (Phi) is 1.47. The fourth-order valence-corrected chi connectivity index (χ4v) is 22.5. The molecule has 60 heavy (non-hydrogen) atoms. The van der Waals surface area contributed by atoms with Crippen molar-refractivity contribution in [1.82, 2.24) is 0 Å². The van der Waals surface area contributed by atoms with Gasteiger partial charge in [-0.3, -0.25) is 0 Å². The molecule has 0 aliphatic heterocycles. The van der Waals surface area contributed by atoms with E-state index in [9.17, 15) is 0 Å². The second-order valence-corrected chi connectivity index (χ2v) is 22.5. The third-order valence-electron chi connectivity index (χ3n) is 22.5. The van der Waals surface area contributed by atoms with E-state index in [0.29, 0.717) is 0 Å². The van der Waals surface area contributed by atoms with E-state index in [-0.39, 0.29) is 0 Å². The molecule has 32 aromatic carbocycles. The summed E-state index contributed by atoms with van der Waals surface area (Å²) in [4.78, 5) is 0. The molecule has 0 heterocycles. The first-order valence-corrected chi connectivity index (χ1v) is 22.5. The van der Waals surface area contributed by atoms with E-state index in [0.717, 1.165) is 0 Å². The zero-order valence-corrected chi connectivity index (χ0v) is 30.0. The zero-order chi connectivity index (χ0) is 34.6. The zero-order valence-electron chi connectivity index (χ0n) is 30.0. The second kappa shape index (κ2) is 4.35. The Morgan fingerprint density at radius 1 is 0.0333 bits per heavy atom. The molecule has 0 fully saturated rings. The van der Waals surface area contributed by atoms with Crippen LogP contribution in [0.1, 0.15) is 0 Å². The summed E-state index contributed by atoms with van der Waals surface area (Å²) in [5, 5.41) is 100. The first kappa shape index (κ1) is 20.3. The van der Waals surface area contributed by atoms with Gasteiger partial charge in [0, 0.05) is 323 Å². The van der Waals surface area contributed by atoms with Crippen molar-refractivity contribution in [3.63, 3.8) is 0 Å². The van der Waals surface area contributed by atoms with Crippen LogP contribution in [0.25, 0.3) is 323 Å². The second-order valence-electron chi connectivity index (χ2n) is 22.5. The standard InChI is InChI=1S/C60/c1-2-5-6-3(1)8-12-10-4(1)9-11-7(2)17-21-13(5)23-24-14(6)22-18(8)28-20(12)30-26-16(10)15(9)25-29-19(11)27(17)37-41-31(21)33(23)43-44-34(24)32(22)42-38(28)48-40(30)46-36(26)35(25)45-39(29)47(37)55-49(41)51(43)57-52(44)50(42)56(48)59-54(46)53(45)58(55)60(57)59/i1+1,4+1. The van der Waals surface area contributed by atoms with E-state index in [4.69, 9.17) is 0 Å². The molecule has 0 aromatic heterocycles. The fraction of sp³-hybridized carbons (Fsp3) is 0. The lowest BCUT2D eigenvalue weighted by molar-refractivity contribution is 2.21. The Hall–Kier alpha value is -7.80. The Morgan fingerprint density at radius 2 is 0.0500 bits per heavy atom. The van der Waals surface area contributed by atoms with Crippen molar-refractivity contribution in [2.75, 3.05) is 0 Å². The van der Waals surface area contributed by atoms with Gasteiger partial charge in [0.05, 0.1) is 0 Å². The molecule has 0 N–H and O–H groups in total. The lowest BCUT2D eigenvalue weighted by Gasteiger charge is -2.14. The van der Waals surface area contributed by atoms with Crippen LogP contribution in [0.5, 0.6) is 0 Å². The average Bonchev–Trinajstić information content (AvgIpc) is 4.09. The number of hydrogen-bond donors (Lipinski definition) is 0. The summed E-state index contributed by atoms with van der Waals surface area (Å²) in [5.74, 6) is 0. The van der Waals surface area contributed by atoms with Crippen LogP contribution in [0.15, 0.2) is 0 Å². The van der Waals surface area contributed by atoms with Crippen molar-refractivity contribution in [3.8, 4) is 0 Å². The molecule has 0 unspecified atom stereocenters. The lowest BCUT2D eigenvalue weighted by Crippen LogP contribution is -1.84. The molecule has 0 aliphatic rings. The van der Waals surface area contributed by atoms with Crippen LogP contribution in [0.3, 0.4) is 0 Å². The van der Waals surface area contributed by atoms with E-state index in [2.05, 4.69) is 0 Å². The maximum atomic E-state index is 1.67. The highest BCUT2D eigenvalue weighted by Crippen LogP contribution is 2.80. The van der Waals surface area contributed by atoms with Crippen molar-refractivity contribution < 1.29 is 0 Å². The SMILES string of the molecule is c12c3c4c5c6c1c1c7c2c2c8c3c3c4c4c9c5c5c6c6c1c1c%10c7c7c2c2c8c8c3c3c4c4c9c9c5c5c6c1c1c6c%10c7c7c2c2c8c3c3c4c4c9c5c1[13c]1c6c7c2c3[13c]41. The van der Waals surface area contributed by atoms with E-state index in [1.54, 1.807) is 323 Å². The van der Waals surface area contributed by atoms with Crippen molar-refractivity contribution in [2.24, 2.45) is 0 Å². The summed E-state index contributed by atoms with van der Waals surface area (Å²) in [6, 6.07) is 0. The lowest BCUT2D eigenvalue weighted by atomic mass is 9.88. The van der Waals surface area contributed by atoms with Crippen LogP contribution in [0.2, 0.25) is 0 Å². The highest BCUT2D eigenvalue weighted by atomic mass is 14.7. The van der Waals surface area contributed by atoms with E-state index in [1.165, 1.54) is 0 Å². The molecule has 0 atom stereocenters. The molecule has 0 amide bonds. The first-order chi connectivity index (χ1) is 30.0. The minimum Gasteiger partial charge on any atom is 0 e. The summed E-state index contributed by atoms with van der Waals surface area (Å²) in [7, 11) is 0. The Bertz CT molecular complexity index is 4020. The van der Waals surface area contributed by atoms with Crippen LogP contribution >= 0.6 is 0 Å². The van der Waals surface area contributed by atoms with Gasteiger partial charge in [-0.15, -0.1) is 0 Å². The van der Waals surface area contributed by atoms with Gasteiger partial charge in [-0.2, -0.15) is 0 Å². The minimum atomic E-state index is 1.67. The average molecular weight is 723 g/mol. The normalized spacial score (nSPS) is 18.0. The summed E-state index contributed by atoms with van der Waals surface area (Å²) in [6.07, 6.45) is 0.